The van der Waals surface area contributed by atoms with Crippen LogP contribution < -0.4 is 4.90 Å². The molecule has 0 unspecified atom stereocenters. The molecule has 106 valence electrons. The highest BCUT2D eigenvalue weighted by molar-refractivity contribution is 7.91. The number of benzene rings is 1. The van der Waals surface area contributed by atoms with Crippen LogP contribution in [0.15, 0.2) is 29.2 Å². The molecule has 0 N–H and O–H groups in total. The molecule has 0 radical (unpaired) electrons. The molecule has 0 amide bonds. The summed E-state index contributed by atoms with van der Waals surface area (Å²) in [6, 6.07) is 7.13. The Morgan fingerprint density at radius 1 is 1.26 bits per heavy atom. The SMILES string of the molecule is CCS(=O)(=O)c1ccc(N(C)CC2CC(Cl)C2)cc1. The van der Waals surface area contributed by atoms with Gasteiger partial charge < -0.3 is 4.90 Å². The first kappa shape index (κ1) is 14.7. The number of hydrogen-bond acceptors (Lipinski definition) is 3. The van der Waals surface area contributed by atoms with Crippen molar-refractivity contribution in [3.05, 3.63) is 24.3 Å². The molecule has 1 aliphatic rings. The molecule has 1 aromatic rings. The summed E-state index contributed by atoms with van der Waals surface area (Å²) in [4.78, 5) is 2.56. The predicted molar refractivity (Wildman–Crippen MR) is 79.8 cm³/mol. The fourth-order valence-corrected chi connectivity index (χ4v) is 3.76. The largest absolute Gasteiger partial charge is 0.374 e. The van der Waals surface area contributed by atoms with Crippen LogP contribution >= 0.6 is 11.6 Å². The summed E-state index contributed by atoms with van der Waals surface area (Å²) in [5, 5.41) is 0.343. The Morgan fingerprint density at radius 3 is 2.32 bits per heavy atom. The van der Waals surface area contributed by atoms with Crippen LogP contribution in [0, 0.1) is 5.92 Å². The van der Waals surface area contributed by atoms with Crippen LogP contribution in [0.2, 0.25) is 0 Å². The summed E-state index contributed by atoms with van der Waals surface area (Å²) < 4.78 is 23.4. The topological polar surface area (TPSA) is 37.4 Å². The van der Waals surface area contributed by atoms with E-state index in [4.69, 9.17) is 11.6 Å². The third kappa shape index (κ3) is 3.42. The molecule has 0 heterocycles. The van der Waals surface area contributed by atoms with Gasteiger partial charge in [-0.3, -0.25) is 0 Å². The second-order valence-corrected chi connectivity index (χ2v) is 8.11. The van der Waals surface area contributed by atoms with Gasteiger partial charge in [0.25, 0.3) is 0 Å². The van der Waals surface area contributed by atoms with E-state index in [1.807, 2.05) is 19.2 Å². The number of anilines is 1. The molecule has 3 nitrogen and oxygen atoms in total. The second kappa shape index (κ2) is 5.71. The third-order valence-corrected chi connectivity index (χ3v) is 5.83. The van der Waals surface area contributed by atoms with Crippen LogP contribution in [-0.2, 0) is 9.84 Å². The Bertz CT molecular complexity index is 521. The number of rotatable bonds is 5. The zero-order chi connectivity index (χ0) is 14.0. The Balaban J connectivity index is 2.02. The number of sulfone groups is 1. The molecule has 5 heteroatoms. The van der Waals surface area contributed by atoms with Crippen molar-refractivity contribution in [1.29, 1.82) is 0 Å². The smallest absolute Gasteiger partial charge is 0.178 e. The van der Waals surface area contributed by atoms with Crippen LogP contribution in [0.25, 0.3) is 0 Å². The first-order valence-electron chi connectivity index (χ1n) is 6.60. The Hall–Kier alpha value is -0.740. The van der Waals surface area contributed by atoms with Crippen LogP contribution in [0.1, 0.15) is 19.8 Å². The molecular formula is C14H20ClNO2S. The van der Waals surface area contributed by atoms with E-state index >= 15 is 0 Å². The van der Waals surface area contributed by atoms with E-state index in [0.29, 0.717) is 16.2 Å². The number of alkyl halides is 1. The minimum Gasteiger partial charge on any atom is -0.374 e. The molecule has 1 aliphatic carbocycles. The molecule has 0 aromatic heterocycles. The Morgan fingerprint density at radius 2 is 1.84 bits per heavy atom. The standard InChI is InChI=1S/C14H20ClNO2S/c1-3-19(17,18)14-6-4-13(5-7-14)16(2)10-11-8-12(15)9-11/h4-7,11-12H,3,8-10H2,1-2H3. The van der Waals surface area contributed by atoms with E-state index < -0.39 is 9.84 Å². The highest BCUT2D eigenvalue weighted by atomic mass is 35.5. The lowest BCUT2D eigenvalue weighted by molar-refractivity contribution is 0.329. The molecule has 19 heavy (non-hydrogen) atoms. The zero-order valence-corrected chi connectivity index (χ0v) is 12.9. The van der Waals surface area contributed by atoms with Crippen LogP contribution in [-0.4, -0.2) is 33.1 Å². The number of halogens is 1. The van der Waals surface area contributed by atoms with Crippen LogP contribution in [0.3, 0.4) is 0 Å². The highest BCUT2D eigenvalue weighted by Crippen LogP contribution is 2.33. The minimum atomic E-state index is -3.10. The summed E-state index contributed by atoms with van der Waals surface area (Å²) in [6.45, 7) is 2.64. The molecule has 0 atom stereocenters. The van der Waals surface area contributed by atoms with Gasteiger partial charge in [-0.15, -0.1) is 11.6 Å². The van der Waals surface area contributed by atoms with Gasteiger partial charge in [0.2, 0.25) is 0 Å². The Kier molecular flexibility index (Phi) is 4.41. The molecule has 1 saturated carbocycles. The summed E-state index contributed by atoms with van der Waals surface area (Å²) in [5.41, 5.74) is 1.05. The monoisotopic (exact) mass is 301 g/mol. The van der Waals surface area contributed by atoms with Gasteiger partial charge >= 0.3 is 0 Å². The maximum absolute atomic E-state index is 11.7. The molecular weight excluding hydrogens is 282 g/mol. The number of nitrogens with zero attached hydrogens (tertiary/aromatic N) is 1. The van der Waals surface area contributed by atoms with Gasteiger partial charge in [0, 0.05) is 24.7 Å². The average molecular weight is 302 g/mol. The molecule has 0 aliphatic heterocycles. The third-order valence-electron chi connectivity index (χ3n) is 3.73. The van der Waals surface area contributed by atoms with E-state index in [0.717, 1.165) is 25.1 Å². The fraction of sp³-hybridized carbons (Fsp3) is 0.571. The minimum absolute atomic E-state index is 0.140. The molecule has 1 fully saturated rings. The van der Waals surface area contributed by atoms with Gasteiger partial charge in [-0.25, -0.2) is 8.42 Å². The average Bonchev–Trinajstić information content (AvgIpc) is 2.37. The summed E-state index contributed by atoms with van der Waals surface area (Å²) in [7, 11) is -1.07. The van der Waals surface area contributed by atoms with Crippen molar-refractivity contribution < 1.29 is 8.42 Å². The number of hydrogen-bond donors (Lipinski definition) is 0. The van der Waals surface area contributed by atoms with E-state index in [2.05, 4.69) is 4.90 Å². The van der Waals surface area contributed by atoms with E-state index in [1.165, 1.54) is 0 Å². The maximum atomic E-state index is 11.7. The second-order valence-electron chi connectivity index (χ2n) is 5.21. The first-order chi connectivity index (χ1) is 8.92. The van der Waals surface area contributed by atoms with Gasteiger partial charge in [-0.2, -0.15) is 0 Å². The van der Waals surface area contributed by atoms with Gasteiger partial charge in [0.15, 0.2) is 9.84 Å². The lowest BCUT2D eigenvalue weighted by Crippen LogP contribution is -2.34. The van der Waals surface area contributed by atoms with E-state index in [9.17, 15) is 8.42 Å². The van der Waals surface area contributed by atoms with E-state index in [1.54, 1.807) is 19.1 Å². The summed E-state index contributed by atoms with van der Waals surface area (Å²) in [6.07, 6.45) is 2.16. The van der Waals surface area contributed by atoms with Crippen LogP contribution in [0.5, 0.6) is 0 Å². The van der Waals surface area contributed by atoms with Crippen molar-refractivity contribution in [2.45, 2.75) is 30.0 Å². The lowest BCUT2D eigenvalue weighted by Gasteiger charge is -2.35. The highest BCUT2D eigenvalue weighted by Gasteiger charge is 2.28. The predicted octanol–water partition coefficient (Wildman–Crippen LogP) is 2.93. The van der Waals surface area contributed by atoms with E-state index in [-0.39, 0.29) is 5.75 Å². The summed E-state index contributed by atoms with van der Waals surface area (Å²) >= 11 is 5.97. The van der Waals surface area contributed by atoms with Crippen molar-refractivity contribution in [3.8, 4) is 0 Å². The Labute approximate surface area is 120 Å². The van der Waals surface area contributed by atoms with Crippen molar-refractivity contribution in [2.24, 2.45) is 5.92 Å². The van der Waals surface area contributed by atoms with Gasteiger partial charge in [-0.1, -0.05) is 6.92 Å². The summed E-state index contributed by atoms with van der Waals surface area (Å²) in [5.74, 6) is 0.799. The van der Waals surface area contributed by atoms with Crippen molar-refractivity contribution in [1.82, 2.24) is 0 Å². The molecule has 2 rings (SSSR count). The first-order valence-corrected chi connectivity index (χ1v) is 8.69. The van der Waals surface area contributed by atoms with Gasteiger partial charge in [0.05, 0.1) is 10.6 Å². The van der Waals surface area contributed by atoms with Crippen molar-refractivity contribution in [2.75, 3.05) is 24.2 Å². The molecule has 0 saturated heterocycles. The molecule has 0 spiro atoms. The maximum Gasteiger partial charge on any atom is 0.178 e. The zero-order valence-electron chi connectivity index (χ0n) is 11.3. The lowest BCUT2D eigenvalue weighted by atomic mass is 9.84. The quantitative estimate of drug-likeness (QED) is 0.785. The van der Waals surface area contributed by atoms with Crippen molar-refractivity contribution in [3.63, 3.8) is 0 Å². The van der Waals surface area contributed by atoms with Gasteiger partial charge in [-0.05, 0) is 43.0 Å². The fourth-order valence-electron chi connectivity index (χ4n) is 2.37. The normalized spacial score (nSPS) is 22.9. The van der Waals surface area contributed by atoms with Crippen molar-refractivity contribution >= 4 is 27.1 Å². The molecule has 1 aromatic carbocycles. The molecule has 0 bridgehead atoms. The van der Waals surface area contributed by atoms with Crippen LogP contribution in [0.4, 0.5) is 5.69 Å². The van der Waals surface area contributed by atoms with Gasteiger partial charge in [0.1, 0.15) is 0 Å².